The summed E-state index contributed by atoms with van der Waals surface area (Å²) in [6.07, 6.45) is 0. The molecule has 1 aliphatic rings. The van der Waals surface area contributed by atoms with E-state index in [4.69, 9.17) is 4.52 Å². The monoisotopic (exact) mass is 364 g/mol. The summed E-state index contributed by atoms with van der Waals surface area (Å²) in [6.45, 7) is 10.3. The molecule has 25 heavy (non-hydrogen) atoms. The van der Waals surface area contributed by atoms with Crippen LogP contribution in [-0.4, -0.2) is 53.9 Å². The summed E-state index contributed by atoms with van der Waals surface area (Å²) in [6, 6.07) is 3.85. The number of sulfonamides is 1. The molecule has 2 aromatic rings. The summed E-state index contributed by atoms with van der Waals surface area (Å²) in [7, 11) is -3.48. The number of aryl methyl sites for hydroxylation is 4. The zero-order valence-corrected chi connectivity index (χ0v) is 15.9. The molecule has 1 saturated heterocycles. The molecule has 1 aliphatic heterocycles. The van der Waals surface area contributed by atoms with Gasteiger partial charge in [0.15, 0.2) is 5.82 Å². The Hall–Kier alpha value is -1.77. The minimum Gasteiger partial charge on any atom is -0.340 e. The van der Waals surface area contributed by atoms with Crippen molar-refractivity contribution < 1.29 is 12.9 Å². The summed E-state index contributed by atoms with van der Waals surface area (Å²) in [5, 5.41) is 3.90. The van der Waals surface area contributed by atoms with E-state index in [2.05, 4.69) is 15.0 Å². The number of rotatable bonds is 4. The van der Waals surface area contributed by atoms with E-state index < -0.39 is 10.0 Å². The lowest BCUT2D eigenvalue weighted by molar-refractivity contribution is 0.176. The third-order valence-electron chi connectivity index (χ3n) is 4.47. The third-order valence-corrected chi connectivity index (χ3v) is 6.67. The fourth-order valence-corrected chi connectivity index (χ4v) is 5.27. The van der Waals surface area contributed by atoms with Crippen molar-refractivity contribution in [2.24, 2.45) is 0 Å². The molecule has 0 saturated carbocycles. The summed E-state index contributed by atoms with van der Waals surface area (Å²) in [5.41, 5.74) is 2.69. The van der Waals surface area contributed by atoms with Gasteiger partial charge in [-0.2, -0.15) is 9.29 Å². The topological polar surface area (TPSA) is 79.5 Å². The average Bonchev–Trinajstić information content (AvgIpc) is 2.91. The molecule has 3 rings (SSSR count). The molecule has 8 heteroatoms. The van der Waals surface area contributed by atoms with Crippen LogP contribution in [0.3, 0.4) is 0 Å². The number of aromatic nitrogens is 2. The van der Waals surface area contributed by atoms with Crippen LogP contribution in [-0.2, 0) is 16.6 Å². The van der Waals surface area contributed by atoms with E-state index in [0.717, 1.165) is 16.7 Å². The second-order valence-corrected chi connectivity index (χ2v) is 8.51. The fourth-order valence-electron chi connectivity index (χ4n) is 3.44. The molecule has 1 aromatic heterocycles. The average molecular weight is 364 g/mol. The Morgan fingerprint density at radius 2 is 1.64 bits per heavy atom. The fraction of sp³-hybridized carbons (Fsp3) is 0.529. The lowest BCUT2D eigenvalue weighted by atomic mass is 10.1. The van der Waals surface area contributed by atoms with Crippen molar-refractivity contribution in [1.29, 1.82) is 0 Å². The van der Waals surface area contributed by atoms with E-state index in [1.165, 1.54) is 0 Å². The molecule has 0 amide bonds. The second kappa shape index (κ2) is 6.86. The van der Waals surface area contributed by atoms with Gasteiger partial charge in [-0.05, 0) is 31.9 Å². The van der Waals surface area contributed by atoms with E-state index in [9.17, 15) is 8.42 Å². The van der Waals surface area contributed by atoms with Crippen LogP contribution in [0, 0.1) is 27.7 Å². The first-order valence-electron chi connectivity index (χ1n) is 8.37. The van der Waals surface area contributed by atoms with Crippen molar-refractivity contribution in [3.8, 4) is 0 Å². The number of hydrogen-bond acceptors (Lipinski definition) is 6. The van der Waals surface area contributed by atoms with Gasteiger partial charge in [0, 0.05) is 33.1 Å². The van der Waals surface area contributed by atoms with Crippen molar-refractivity contribution >= 4 is 10.0 Å². The van der Waals surface area contributed by atoms with Crippen LogP contribution in [0.2, 0.25) is 0 Å². The molecule has 0 atom stereocenters. The predicted molar refractivity (Wildman–Crippen MR) is 93.7 cm³/mol. The molecular formula is C17H24N4O3S. The quantitative estimate of drug-likeness (QED) is 0.823. The van der Waals surface area contributed by atoms with Crippen LogP contribution in [0.15, 0.2) is 21.6 Å². The highest BCUT2D eigenvalue weighted by Crippen LogP contribution is 2.26. The minimum absolute atomic E-state index is 0.445. The Morgan fingerprint density at radius 3 is 2.16 bits per heavy atom. The van der Waals surface area contributed by atoms with Gasteiger partial charge in [-0.1, -0.05) is 22.9 Å². The molecule has 0 N–H and O–H groups in total. The molecule has 0 spiro atoms. The maximum atomic E-state index is 13.1. The molecule has 0 bridgehead atoms. The zero-order valence-electron chi connectivity index (χ0n) is 15.1. The molecule has 2 heterocycles. The van der Waals surface area contributed by atoms with Gasteiger partial charge < -0.3 is 4.52 Å². The van der Waals surface area contributed by atoms with E-state index in [0.29, 0.717) is 49.3 Å². The Morgan fingerprint density at radius 1 is 1.04 bits per heavy atom. The molecule has 7 nitrogen and oxygen atoms in total. The lowest BCUT2D eigenvalue weighted by Crippen LogP contribution is -2.48. The lowest BCUT2D eigenvalue weighted by Gasteiger charge is -2.33. The van der Waals surface area contributed by atoms with Crippen molar-refractivity contribution in [2.45, 2.75) is 39.1 Å². The zero-order chi connectivity index (χ0) is 18.2. The van der Waals surface area contributed by atoms with Gasteiger partial charge in [0.2, 0.25) is 15.9 Å². The highest BCUT2D eigenvalue weighted by molar-refractivity contribution is 7.89. The van der Waals surface area contributed by atoms with Gasteiger partial charge in [0.1, 0.15) is 0 Å². The van der Waals surface area contributed by atoms with Gasteiger partial charge in [-0.3, -0.25) is 4.90 Å². The van der Waals surface area contributed by atoms with Gasteiger partial charge in [0.05, 0.1) is 11.4 Å². The number of nitrogens with zero attached hydrogens (tertiary/aromatic N) is 4. The number of piperazine rings is 1. The standard InChI is InChI=1S/C17H24N4O3S/c1-12-9-13(2)17(14(3)10-12)25(22,23)21-7-5-20(6-8-21)11-16-18-15(4)24-19-16/h9-10H,5-8,11H2,1-4H3. The first kappa shape index (κ1) is 18.0. The first-order valence-corrected chi connectivity index (χ1v) is 9.81. The molecule has 0 aliphatic carbocycles. The maximum Gasteiger partial charge on any atom is 0.243 e. The smallest absolute Gasteiger partial charge is 0.243 e. The van der Waals surface area contributed by atoms with Gasteiger partial charge >= 0.3 is 0 Å². The molecule has 1 aromatic carbocycles. The Labute approximate surface area is 148 Å². The van der Waals surface area contributed by atoms with Gasteiger partial charge in [-0.15, -0.1) is 0 Å². The molecule has 1 fully saturated rings. The largest absolute Gasteiger partial charge is 0.340 e. The van der Waals surface area contributed by atoms with Crippen LogP contribution in [0.1, 0.15) is 28.4 Å². The first-order chi connectivity index (χ1) is 11.8. The SMILES string of the molecule is Cc1cc(C)c(S(=O)(=O)N2CCN(Cc3noc(C)n3)CC2)c(C)c1. The predicted octanol–water partition coefficient (Wildman–Crippen LogP) is 1.81. The number of benzene rings is 1. The highest BCUT2D eigenvalue weighted by Gasteiger charge is 2.31. The Kier molecular flexibility index (Phi) is 4.95. The molecular weight excluding hydrogens is 340 g/mol. The Balaban J connectivity index is 1.71. The second-order valence-electron chi connectivity index (χ2n) is 6.64. The molecule has 0 radical (unpaired) electrons. The summed E-state index contributed by atoms with van der Waals surface area (Å²) in [5.74, 6) is 1.18. The van der Waals surface area contributed by atoms with Crippen LogP contribution in [0.25, 0.3) is 0 Å². The molecule has 136 valence electrons. The van der Waals surface area contributed by atoms with Crippen LogP contribution in [0.5, 0.6) is 0 Å². The minimum atomic E-state index is -3.48. The highest BCUT2D eigenvalue weighted by atomic mass is 32.2. The van der Waals surface area contributed by atoms with E-state index in [1.807, 2.05) is 32.9 Å². The van der Waals surface area contributed by atoms with Gasteiger partial charge in [0.25, 0.3) is 0 Å². The van der Waals surface area contributed by atoms with Crippen molar-refractivity contribution in [3.63, 3.8) is 0 Å². The Bertz CT molecular complexity index is 845. The van der Waals surface area contributed by atoms with E-state index >= 15 is 0 Å². The van der Waals surface area contributed by atoms with Crippen LogP contribution in [0.4, 0.5) is 0 Å². The third kappa shape index (κ3) is 3.75. The van der Waals surface area contributed by atoms with E-state index in [-0.39, 0.29) is 0 Å². The number of hydrogen-bond donors (Lipinski definition) is 0. The summed E-state index contributed by atoms with van der Waals surface area (Å²) in [4.78, 5) is 6.79. The van der Waals surface area contributed by atoms with Gasteiger partial charge in [-0.25, -0.2) is 8.42 Å². The van der Waals surface area contributed by atoms with Crippen molar-refractivity contribution in [1.82, 2.24) is 19.3 Å². The van der Waals surface area contributed by atoms with Crippen LogP contribution < -0.4 is 0 Å². The van der Waals surface area contributed by atoms with E-state index in [1.54, 1.807) is 11.2 Å². The normalized spacial score (nSPS) is 17.1. The van der Waals surface area contributed by atoms with Crippen LogP contribution >= 0.6 is 0 Å². The summed E-state index contributed by atoms with van der Waals surface area (Å²) >= 11 is 0. The molecule has 0 unspecified atom stereocenters. The maximum absolute atomic E-state index is 13.1. The summed E-state index contributed by atoms with van der Waals surface area (Å²) < 4.78 is 32.7. The van der Waals surface area contributed by atoms with Crippen molar-refractivity contribution in [2.75, 3.05) is 26.2 Å². The van der Waals surface area contributed by atoms with Crippen molar-refractivity contribution in [3.05, 3.63) is 40.5 Å².